The first-order valence-corrected chi connectivity index (χ1v) is 11.3. The zero-order chi connectivity index (χ0) is 19.6. The van der Waals surface area contributed by atoms with Gasteiger partial charge in [-0.1, -0.05) is 23.9 Å². The Morgan fingerprint density at radius 1 is 1.41 bits per heavy atom. The lowest BCUT2D eigenvalue weighted by atomic mass is 10.2. The summed E-state index contributed by atoms with van der Waals surface area (Å²) in [5.41, 5.74) is 0.196. The minimum atomic E-state index is -3.08. The van der Waals surface area contributed by atoms with Crippen LogP contribution < -0.4 is 0 Å². The number of hydrogen-bond acceptors (Lipinski definition) is 7. The second-order valence-corrected chi connectivity index (χ2v) is 9.81. The molecule has 1 saturated heterocycles. The topological polar surface area (TPSA) is 93.4 Å². The van der Waals surface area contributed by atoms with E-state index < -0.39 is 20.9 Å². The second-order valence-electron chi connectivity index (χ2n) is 6.29. The fourth-order valence-electron chi connectivity index (χ4n) is 3.05. The average molecular weight is 413 g/mol. The molecule has 0 N–H and O–H groups in total. The molecule has 10 heteroatoms. The largest absolute Gasteiger partial charge is 0.411 e. The van der Waals surface area contributed by atoms with Gasteiger partial charge >= 0.3 is 0 Å². The maximum absolute atomic E-state index is 13.8. The lowest BCUT2D eigenvalue weighted by Gasteiger charge is -2.28. The van der Waals surface area contributed by atoms with Crippen molar-refractivity contribution >= 4 is 27.5 Å². The Morgan fingerprint density at radius 3 is 2.78 bits per heavy atom. The van der Waals surface area contributed by atoms with E-state index >= 15 is 0 Å². The summed E-state index contributed by atoms with van der Waals surface area (Å²) in [6.45, 7) is 3.95. The molecule has 1 amide bonds. The molecule has 1 aliphatic rings. The molecule has 0 spiro atoms. The number of sulfone groups is 1. The van der Waals surface area contributed by atoms with E-state index in [2.05, 4.69) is 10.2 Å². The number of aromatic nitrogens is 2. The van der Waals surface area contributed by atoms with E-state index in [-0.39, 0.29) is 40.1 Å². The van der Waals surface area contributed by atoms with Crippen LogP contribution in [0, 0.1) is 5.82 Å². The number of nitrogens with zero attached hydrogens (tertiary/aromatic N) is 3. The molecule has 1 aromatic carbocycles. The van der Waals surface area contributed by atoms with Crippen molar-refractivity contribution in [1.82, 2.24) is 15.1 Å². The van der Waals surface area contributed by atoms with E-state index in [1.54, 1.807) is 24.0 Å². The number of amides is 1. The first-order chi connectivity index (χ1) is 12.8. The fraction of sp³-hybridized carbons (Fsp3) is 0.471. The van der Waals surface area contributed by atoms with Crippen LogP contribution in [0.3, 0.4) is 0 Å². The van der Waals surface area contributed by atoms with E-state index in [1.807, 2.05) is 6.92 Å². The molecular formula is C17H20FN3O4S2. The highest BCUT2D eigenvalue weighted by Crippen LogP contribution is 2.29. The van der Waals surface area contributed by atoms with Gasteiger partial charge in [0, 0.05) is 12.6 Å². The lowest BCUT2D eigenvalue weighted by Crippen LogP contribution is -2.44. The zero-order valence-electron chi connectivity index (χ0n) is 15.0. The van der Waals surface area contributed by atoms with Gasteiger partial charge in [-0.25, -0.2) is 12.8 Å². The van der Waals surface area contributed by atoms with Gasteiger partial charge in [0.15, 0.2) is 9.84 Å². The molecule has 0 bridgehead atoms. The fourth-order valence-corrected chi connectivity index (χ4v) is 5.54. The molecule has 3 rings (SSSR count). The van der Waals surface area contributed by atoms with Crippen LogP contribution in [0.5, 0.6) is 0 Å². The molecular weight excluding hydrogens is 393 g/mol. The van der Waals surface area contributed by atoms with Crippen LogP contribution >= 0.6 is 11.8 Å². The standard InChI is InChI=1S/C17H20FN3O4S2/c1-3-21(12-8-9-27(23,24)10-12)16(22)11(2)26-17-20-19-15(25-17)13-6-4-5-7-14(13)18/h4-7,11-12H,3,8-10H2,1-2H3/t11-,12-/m1/s1. The number of carbonyl (C=O) groups excluding carboxylic acids is 1. The molecule has 146 valence electrons. The third kappa shape index (κ3) is 4.49. The molecule has 0 saturated carbocycles. The minimum absolute atomic E-state index is 0.00194. The molecule has 2 atom stereocenters. The predicted octanol–water partition coefficient (Wildman–Crippen LogP) is 2.39. The van der Waals surface area contributed by atoms with Crippen LogP contribution in [-0.4, -0.2) is 58.8 Å². The monoisotopic (exact) mass is 413 g/mol. The normalized spacial score (nSPS) is 19.7. The van der Waals surface area contributed by atoms with Gasteiger partial charge in [-0.2, -0.15) is 0 Å². The summed E-state index contributed by atoms with van der Waals surface area (Å²) in [7, 11) is -3.08. The molecule has 1 aromatic heterocycles. The number of rotatable bonds is 6. The van der Waals surface area contributed by atoms with Crippen molar-refractivity contribution in [2.45, 2.75) is 36.8 Å². The van der Waals surface area contributed by atoms with E-state index in [0.29, 0.717) is 13.0 Å². The van der Waals surface area contributed by atoms with Crippen molar-refractivity contribution in [1.29, 1.82) is 0 Å². The Morgan fingerprint density at radius 2 is 2.15 bits per heavy atom. The highest BCUT2D eigenvalue weighted by Gasteiger charge is 2.35. The van der Waals surface area contributed by atoms with Crippen LogP contribution in [0.1, 0.15) is 20.3 Å². The van der Waals surface area contributed by atoms with E-state index in [0.717, 1.165) is 11.8 Å². The summed E-state index contributed by atoms with van der Waals surface area (Å²) in [6, 6.07) is 5.76. The Kier molecular flexibility index (Phi) is 5.85. The summed E-state index contributed by atoms with van der Waals surface area (Å²) in [6.07, 6.45) is 0.456. The molecule has 0 unspecified atom stereocenters. The molecule has 1 fully saturated rings. The van der Waals surface area contributed by atoms with Crippen molar-refractivity contribution in [2.75, 3.05) is 18.1 Å². The van der Waals surface area contributed by atoms with Gasteiger partial charge in [-0.3, -0.25) is 4.79 Å². The highest BCUT2D eigenvalue weighted by atomic mass is 32.2. The zero-order valence-corrected chi connectivity index (χ0v) is 16.6. The van der Waals surface area contributed by atoms with E-state index in [9.17, 15) is 17.6 Å². The number of benzene rings is 1. The second kappa shape index (κ2) is 7.97. The lowest BCUT2D eigenvalue weighted by molar-refractivity contribution is -0.131. The third-order valence-electron chi connectivity index (χ3n) is 4.41. The molecule has 0 aliphatic carbocycles. The van der Waals surface area contributed by atoms with Gasteiger partial charge in [-0.15, -0.1) is 10.2 Å². The van der Waals surface area contributed by atoms with E-state index in [4.69, 9.17) is 4.42 Å². The molecule has 0 radical (unpaired) electrons. The maximum atomic E-state index is 13.8. The molecule has 7 nitrogen and oxygen atoms in total. The summed E-state index contributed by atoms with van der Waals surface area (Å²) >= 11 is 1.07. The first kappa shape index (κ1) is 19.8. The van der Waals surface area contributed by atoms with Gasteiger partial charge < -0.3 is 9.32 Å². The van der Waals surface area contributed by atoms with E-state index in [1.165, 1.54) is 12.1 Å². The number of hydrogen-bond donors (Lipinski definition) is 0. The predicted molar refractivity (Wildman–Crippen MR) is 99.5 cm³/mol. The van der Waals surface area contributed by atoms with Gasteiger partial charge in [-0.05, 0) is 32.4 Å². The van der Waals surface area contributed by atoms with Crippen molar-refractivity contribution in [3.8, 4) is 11.5 Å². The number of halogens is 1. The van der Waals surface area contributed by atoms with Crippen molar-refractivity contribution in [2.24, 2.45) is 0 Å². The molecule has 2 aromatic rings. The first-order valence-electron chi connectivity index (χ1n) is 8.56. The Labute approximate surface area is 161 Å². The summed E-state index contributed by atoms with van der Waals surface area (Å²) in [4.78, 5) is 14.4. The quantitative estimate of drug-likeness (QED) is 0.671. The molecule has 27 heavy (non-hydrogen) atoms. The van der Waals surface area contributed by atoms with Gasteiger partial charge in [0.1, 0.15) is 5.82 Å². The third-order valence-corrected chi connectivity index (χ3v) is 7.08. The van der Waals surface area contributed by atoms with Gasteiger partial charge in [0.25, 0.3) is 11.1 Å². The van der Waals surface area contributed by atoms with Crippen LogP contribution in [0.25, 0.3) is 11.5 Å². The maximum Gasteiger partial charge on any atom is 0.277 e. The Balaban J connectivity index is 1.69. The van der Waals surface area contributed by atoms with Gasteiger partial charge in [0.2, 0.25) is 5.91 Å². The van der Waals surface area contributed by atoms with Crippen LogP contribution in [-0.2, 0) is 14.6 Å². The summed E-state index contributed by atoms with van der Waals surface area (Å²) < 4.78 is 42.7. The SMILES string of the molecule is CCN(C(=O)[C@@H](C)Sc1nnc(-c2ccccc2F)o1)[C@@H]1CCS(=O)(=O)C1. The number of thioether (sulfide) groups is 1. The smallest absolute Gasteiger partial charge is 0.277 e. The van der Waals surface area contributed by atoms with Crippen LogP contribution in [0.2, 0.25) is 0 Å². The summed E-state index contributed by atoms with van der Waals surface area (Å²) in [5, 5.41) is 7.33. The Hall–Kier alpha value is -1.94. The highest BCUT2D eigenvalue weighted by molar-refractivity contribution is 8.00. The average Bonchev–Trinajstić information content (AvgIpc) is 3.22. The molecule has 2 heterocycles. The molecule has 1 aliphatic heterocycles. The Bertz CT molecular complexity index is 932. The van der Waals surface area contributed by atoms with Crippen LogP contribution in [0.4, 0.5) is 4.39 Å². The summed E-state index contributed by atoms with van der Waals surface area (Å²) in [5.74, 6) is -0.498. The van der Waals surface area contributed by atoms with Gasteiger partial charge in [0.05, 0.1) is 22.3 Å². The van der Waals surface area contributed by atoms with Crippen molar-refractivity contribution in [3.05, 3.63) is 30.1 Å². The van der Waals surface area contributed by atoms with Crippen LogP contribution in [0.15, 0.2) is 33.9 Å². The van der Waals surface area contributed by atoms with Crippen molar-refractivity contribution < 1.29 is 22.0 Å². The van der Waals surface area contributed by atoms with Crippen molar-refractivity contribution in [3.63, 3.8) is 0 Å². The minimum Gasteiger partial charge on any atom is -0.411 e. The number of carbonyl (C=O) groups is 1.